The normalized spacial score (nSPS) is 18.2. The van der Waals surface area contributed by atoms with Gasteiger partial charge in [0.25, 0.3) is 0 Å². The first kappa shape index (κ1) is 41.8. The molecule has 0 aromatic heterocycles. The number of hydrogen-bond donors (Lipinski definition) is 12. The molecule has 4 aliphatic rings. The summed E-state index contributed by atoms with van der Waals surface area (Å²) in [6.07, 6.45) is 1.21. The summed E-state index contributed by atoms with van der Waals surface area (Å²) < 4.78 is 0. The Morgan fingerprint density at radius 1 is 0.481 bits per heavy atom. The highest BCUT2D eigenvalue weighted by atomic mass is 16.2. The first-order valence-corrected chi connectivity index (χ1v) is 17.3. The summed E-state index contributed by atoms with van der Waals surface area (Å²) in [7, 11) is 0. The molecule has 2 aromatic carbocycles. The summed E-state index contributed by atoms with van der Waals surface area (Å²) in [5.74, 6) is -2.01. The lowest BCUT2D eigenvalue weighted by molar-refractivity contribution is -0.124. The number of guanidine groups is 2. The van der Waals surface area contributed by atoms with E-state index in [1.807, 2.05) is 0 Å². The highest BCUT2D eigenvalue weighted by Crippen LogP contribution is 2.07. The van der Waals surface area contributed by atoms with E-state index in [2.05, 4.69) is 52.5 Å². The highest BCUT2D eigenvalue weighted by molar-refractivity contribution is 5.90. The van der Waals surface area contributed by atoms with Crippen LogP contribution in [-0.4, -0.2) is 85.9 Å². The van der Waals surface area contributed by atoms with Crippen LogP contribution in [0.25, 0.3) is 0 Å². The van der Waals surface area contributed by atoms with E-state index >= 15 is 0 Å². The fourth-order valence-electron chi connectivity index (χ4n) is 4.99. The standard InChI is InChI=1S/C34H50N14O6/c35-31(36)39-13-1-3-25-29(51)43-17-23-9-11-24(12-10-23)18-44-30(52)26(4-2-14-40-32(37)38)48-34(54)46-20-28(50)42-16-22-7-5-21(6-8-22)15-41-27(49)19-45-33(53)47-25/h5-12,25-26H,1-4,13-20H2,(H,41,49)(H,42,50)(H,43,51)(H,44,52)(H4,35,36,39)(H4,37,38,40)(H2,45,47,53)(H2,46,48,54)/t25-,26-/m0/s1. The average Bonchev–Trinajstić information content (AvgIpc) is 3.15. The zero-order valence-corrected chi connectivity index (χ0v) is 29.9. The molecule has 292 valence electrons. The van der Waals surface area contributed by atoms with Crippen molar-refractivity contribution in [1.82, 2.24) is 42.5 Å². The van der Waals surface area contributed by atoms with E-state index in [9.17, 15) is 28.8 Å². The second kappa shape index (κ2) is 22.4. The second-order valence-corrected chi connectivity index (χ2v) is 12.3. The van der Waals surface area contributed by atoms with Crippen molar-refractivity contribution in [2.75, 3.05) is 26.2 Å². The fourth-order valence-corrected chi connectivity index (χ4v) is 4.99. The Labute approximate surface area is 312 Å². The van der Waals surface area contributed by atoms with Crippen LogP contribution in [0.1, 0.15) is 47.9 Å². The number of carbonyl (C=O) groups is 6. The van der Waals surface area contributed by atoms with Gasteiger partial charge in [0.2, 0.25) is 23.6 Å². The third-order valence-corrected chi connectivity index (χ3v) is 7.91. The van der Waals surface area contributed by atoms with Crippen LogP contribution in [0.2, 0.25) is 0 Å². The van der Waals surface area contributed by atoms with Crippen LogP contribution in [-0.2, 0) is 45.4 Å². The zero-order valence-electron chi connectivity index (χ0n) is 29.9. The van der Waals surface area contributed by atoms with Gasteiger partial charge in [0.15, 0.2) is 11.9 Å². The number of carbonyl (C=O) groups excluding carboxylic acids is 6. The molecule has 6 rings (SSSR count). The van der Waals surface area contributed by atoms with Gasteiger partial charge in [-0.2, -0.15) is 0 Å². The topological polar surface area (TPSA) is 327 Å². The maximum Gasteiger partial charge on any atom is 0.315 e. The van der Waals surface area contributed by atoms with Crippen molar-refractivity contribution in [2.24, 2.45) is 32.9 Å². The summed E-state index contributed by atoms with van der Waals surface area (Å²) in [5.41, 5.74) is 24.6. The summed E-state index contributed by atoms with van der Waals surface area (Å²) in [5, 5.41) is 21.2. The molecule has 0 spiro atoms. The molecule has 2 atom stereocenters. The van der Waals surface area contributed by atoms with Crippen LogP contribution in [0, 0.1) is 0 Å². The number of rotatable bonds is 8. The monoisotopic (exact) mass is 750 g/mol. The van der Waals surface area contributed by atoms with Gasteiger partial charge in [0.05, 0.1) is 13.1 Å². The van der Waals surface area contributed by atoms with Gasteiger partial charge in [0.1, 0.15) is 12.1 Å². The lowest BCUT2D eigenvalue weighted by Crippen LogP contribution is -2.51. The van der Waals surface area contributed by atoms with Crippen molar-refractivity contribution in [2.45, 2.75) is 63.9 Å². The summed E-state index contributed by atoms with van der Waals surface area (Å²) in [6, 6.07) is 10.8. The molecule has 0 saturated heterocycles. The zero-order chi connectivity index (χ0) is 39.3. The minimum Gasteiger partial charge on any atom is -0.370 e. The van der Waals surface area contributed by atoms with E-state index < -0.39 is 47.8 Å². The molecule has 2 aromatic rings. The van der Waals surface area contributed by atoms with Crippen LogP contribution < -0.4 is 65.5 Å². The minimum absolute atomic E-state index is 0.0939. The molecular formula is C34H50N14O6. The number of nitrogens with one attached hydrogen (secondary N) is 8. The Kier molecular flexibility index (Phi) is 17.3. The first-order chi connectivity index (χ1) is 25.9. The highest BCUT2D eigenvalue weighted by Gasteiger charge is 2.22. The number of aliphatic imine (C=N–C) groups is 2. The number of amides is 8. The molecule has 0 radical (unpaired) electrons. The van der Waals surface area contributed by atoms with Gasteiger partial charge >= 0.3 is 12.1 Å². The lowest BCUT2D eigenvalue weighted by Gasteiger charge is -2.19. The number of benzene rings is 2. The van der Waals surface area contributed by atoms with Crippen molar-refractivity contribution < 1.29 is 28.8 Å². The molecule has 0 aliphatic carbocycles. The van der Waals surface area contributed by atoms with Crippen LogP contribution in [0.4, 0.5) is 9.59 Å². The smallest absolute Gasteiger partial charge is 0.315 e. The van der Waals surface area contributed by atoms with Crippen molar-refractivity contribution >= 4 is 47.6 Å². The molecule has 4 bridgehead atoms. The van der Waals surface area contributed by atoms with Crippen LogP contribution in [0.3, 0.4) is 0 Å². The number of nitrogens with zero attached hydrogens (tertiary/aromatic N) is 2. The van der Waals surface area contributed by atoms with E-state index in [1.165, 1.54) is 0 Å². The quantitative estimate of drug-likeness (QED) is 0.0753. The Morgan fingerprint density at radius 2 is 0.796 bits per heavy atom. The third kappa shape index (κ3) is 16.6. The van der Waals surface area contributed by atoms with Crippen molar-refractivity contribution in [3.05, 3.63) is 70.8 Å². The van der Waals surface area contributed by atoms with E-state index in [-0.39, 0.29) is 77.1 Å². The van der Waals surface area contributed by atoms with E-state index in [0.29, 0.717) is 12.8 Å². The molecule has 0 fully saturated rings. The minimum atomic E-state index is -0.955. The summed E-state index contributed by atoms with van der Waals surface area (Å²) in [4.78, 5) is 84.4. The maximum atomic E-state index is 13.2. The number of urea groups is 2. The summed E-state index contributed by atoms with van der Waals surface area (Å²) >= 11 is 0. The third-order valence-electron chi connectivity index (χ3n) is 7.91. The van der Waals surface area contributed by atoms with Gasteiger partial charge in [0, 0.05) is 39.3 Å². The Hall–Kier alpha value is -6.60. The SMILES string of the molecule is NC(N)=NCCC[C@@H]1NC(=O)NCC(=O)NCc2ccc(cc2)CNC(=O)CNC(=O)N[C@@H](CCCN=C(N)N)C(=O)NCc2ccc(cc2)CNC1=O. The summed E-state index contributed by atoms with van der Waals surface area (Å²) in [6.45, 7) is 0.444. The van der Waals surface area contributed by atoms with Crippen molar-refractivity contribution in [1.29, 1.82) is 0 Å². The van der Waals surface area contributed by atoms with Crippen LogP contribution in [0.5, 0.6) is 0 Å². The molecular weight excluding hydrogens is 700 g/mol. The molecule has 0 unspecified atom stereocenters. The predicted molar refractivity (Wildman–Crippen MR) is 201 cm³/mol. The van der Waals surface area contributed by atoms with Gasteiger partial charge in [-0.1, -0.05) is 48.5 Å². The molecule has 0 saturated carbocycles. The number of hydrogen-bond acceptors (Lipinski definition) is 8. The van der Waals surface area contributed by atoms with Crippen molar-refractivity contribution in [3.63, 3.8) is 0 Å². The molecule has 20 nitrogen and oxygen atoms in total. The lowest BCUT2D eigenvalue weighted by atomic mass is 10.1. The largest absolute Gasteiger partial charge is 0.370 e. The van der Waals surface area contributed by atoms with Crippen LogP contribution >= 0.6 is 0 Å². The first-order valence-electron chi connectivity index (χ1n) is 17.3. The molecule has 4 aliphatic heterocycles. The van der Waals surface area contributed by atoms with Gasteiger partial charge < -0.3 is 65.5 Å². The molecule has 20 heteroatoms. The predicted octanol–water partition coefficient (Wildman–Crippen LogP) is -2.69. The number of nitrogens with two attached hydrogens (primary N) is 4. The Bertz CT molecular complexity index is 1520. The van der Waals surface area contributed by atoms with Crippen LogP contribution in [0.15, 0.2) is 58.5 Å². The Morgan fingerprint density at radius 3 is 1.11 bits per heavy atom. The van der Waals surface area contributed by atoms with Crippen molar-refractivity contribution in [3.8, 4) is 0 Å². The van der Waals surface area contributed by atoms with Gasteiger partial charge in [-0.25, -0.2) is 9.59 Å². The van der Waals surface area contributed by atoms with E-state index in [0.717, 1.165) is 22.3 Å². The molecule has 54 heavy (non-hydrogen) atoms. The fraction of sp³-hybridized carbons (Fsp3) is 0.412. The van der Waals surface area contributed by atoms with Gasteiger partial charge in [-0.15, -0.1) is 0 Å². The Balaban J connectivity index is 1.73. The molecule has 16 N–H and O–H groups in total. The van der Waals surface area contributed by atoms with E-state index in [4.69, 9.17) is 22.9 Å². The molecule has 8 amide bonds. The maximum absolute atomic E-state index is 13.2. The molecule has 4 heterocycles. The van der Waals surface area contributed by atoms with E-state index in [1.54, 1.807) is 48.5 Å². The van der Waals surface area contributed by atoms with Gasteiger partial charge in [-0.05, 0) is 47.9 Å². The second-order valence-electron chi connectivity index (χ2n) is 12.3. The average molecular weight is 751 g/mol. The van der Waals surface area contributed by atoms with Gasteiger partial charge in [-0.3, -0.25) is 29.2 Å².